The summed E-state index contributed by atoms with van der Waals surface area (Å²) in [4.78, 5) is 2.05. The van der Waals surface area contributed by atoms with Crippen LogP contribution in [0.15, 0.2) is 24.3 Å². The predicted molar refractivity (Wildman–Crippen MR) is 79.7 cm³/mol. The summed E-state index contributed by atoms with van der Waals surface area (Å²) in [6.07, 6.45) is 0. The lowest BCUT2D eigenvalue weighted by Gasteiger charge is -2.22. The van der Waals surface area contributed by atoms with Gasteiger partial charge in [-0.05, 0) is 23.1 Å². The molecule has 1 aliphatic heterocycles. The van der Waals surface area contributed by atoms with E-state index in [1.54, 1.807) is 6.07 Å². The van der Waals surface area contributed by atoms with Crippen LogP contribution in [0.25, 0.3) is 10.8 Å². The molecule has 1 heterocycles. The van der Waals surface area contributed by atoms with Gasteiger partial charge in [0.2, 0.25) is 0 Å². The lowest BCUT2D eigenvalue weighted by Crippen LogP contribution is -2.11. The molecule has 0 radical (unpaired) electrons. The maximum absolute atomic E-state index is 12.2. The Kier molecular flexibility index (Phi) is 2.94. The van der Waals surface area contributed by atoms with Gasteiger partial charge in [-0.2, -0.15) is 0 Å². The molecule has 2 aromatic carbocycles. The number of alkyl halides is 1. The number of rotatable bonds is 2. The molecule has 0 aliphatic carbocycles. The Morgan fingerprint density at radius 1 is 1.42 bits per heavy atom. The normalized spacial score (nSPS) is 17.3. The molecule has 1 unspecified atom stereocenters. The van der Waals surface area contributed by atoms with Crippen molar-refractivity contribution in [2.24, 2.45) is 0 Å². The molecule has 19 heavy (non-hydrogen) atoms. The largest absolute Gasteiger partial charge is 0.872 e. The molecule has 1 N–H and O–H groups in total. The van der Waals surface area contributed by atoms with Crippen molar-refractivity contribution in [1.82, 2.24) is 0 Å². The van der Waals surface area contributed by atoms with Crippen LogP contribution in [-0.2, 0) is 0 Å². The number of fused-ring (bicyclic) bond motifs is 3. The van der Waals surface area contributed by atoms with Gasteiger partial charge in [-0.3, -0.25) is 0 Å². The minimum Gasteiger partial charge on any atom is -0.872 e. The lowest BCUT2D eigenvalue weighted by atomic mass is 9.94. The summed E-state index contributed by atoms with van der Waals surface area (Å²) in [5.74, 6) is 0.899. The van der Waals surface area contributed by atoms with E-state index in [0.717, 1.165) is 28.7 Å². The van der Waals surface area contributed by atoms with E-state index in [0.29, 0.717) is 5.88 Å². The maximum Gasteiger partial charge on any atom is 0.0444 e. The zero-order chi connectivity index (χ0) is 13.6. The van der Waals surface area contributed by atoms with Crippen LogP contribution in [0.3, 0.4) is 0 Å². The van der Waals surface area contributed by atoms with Crippen LogP contribution < -0.4 is 15.3 Å². The molecule has 1 aliphatic rings. The average Bonchev–Trinajstić information content (AvgIpc) is 2.81. The standard InChI is InChI=1S/C15H17ClN2O/c1-18(2)12-5-3-4-10-13(19)6-11-14(15(10)12)9(7-16)8-17-11/h3-6,9,17,19H,7-8H2,1-2H3/p-1. The van der Waals surface area contributed by atoms with Crippen LogP contribution in [0.1, 0.15) is 11.5 Å². The number of benzene rings is 2. The third-order valence-corrected chi connectivity index (χ3v) is 4.13. The molecule has 0 fully saturated rings. The van der Waals surface area contributed by atoms with Gasteiger partial charge in [0, 0.05) is 49.2 Å². The Balaban J connectivity index is 2.42. The van der Waals surface area contributed by atoms with E-state index in [1.165, 1.54) is 5.56 Å². The molecule has 1 atom stereocenters. The van der Waals surface area contributed by atoms with E-state index in [2.05, 4.69) is 5.32 Å². The second-order valence-electron chi connectivity index (χ2n) is 5.16. The third kappa shape index (κ3) is 1.80. The molecule has 3 nitrogen and oxygen atoms in total. The van der Waals surface area contributed by atoms with Crippen molar-refractivity contribution in [2.45, 2.75) is 5.92 Å². The molecular weight excluding hydrogens is 260 g/mol. The lowest BCUT2D eigenvalue weighted by molar-refractivity contribution is -0.265. The van der Waals surface area contributed by atoms with Gasteiger partial charge in [0.1, 0.15) is 0 Å². The predicted octanol–water partition coefficient (Wildman–Crippen LogP) is 2.73. The first-order valence-electron chi connectivity index (χ1n) is 6.37. The van der Waals surface area contributed by atoms with Crippen molar-refractivity contribution >= 4 is 33.7 Å². The first-order valence-corrected chi connectivity index (χ1v) is 6.90. The zero-order valence-corrected chi connectivity index (χ0v) is 11.8. The summed E-state index contributed by atoms with van der Waals surface area (Å²) < 4.78 is 0. The van der Waals surface area contributed by atoms with Crippen molar-refractivity contribution in [2.75, 3.05) is 36.7 Å². The molecule has 0 bridgehead atoms. The van der Waals surface area contributed by atoms with E-state index in [1.807, 2.05) is 37.2 Å². The minimum atomic E-state index is 0.0696. The van der Waals surface area contributed by atoms with Crippen molar-refractivity contribution in [1.29, 1.82) is 0 Å². The topological polar surface area (TPSA) is 38.3 Å². The average molecular weight is 276 g/mol. The summed E-state index contributed by atoms with van der Waals surface area (Å²) in [7, 11) is 3.99. The van der Waals surface area contributed by atoms with Crippen molar-refractivity contribution < 1.29 is 5.11 Å². The monoisotopic (exact) mass is 275 g/mol. The SMILES string of the molecule is CN(C)c1cccc2c([O-])cc3c(c12)C(CCl)CN3. The second kappa shape index (κ2) is 4.49. The van der Waals surface area contributed by atoms with Crippen LogP contribution >= 0.6 is 11.6 Å². The Bertz CT molecular complexity index is 640. The molecule has 0 aromatic heterocycles. The van der Waals surface area contributed by atoms with E-state index < -0.39 is 0 Å². The molecule has 0 saturated carbocycles. The van der Waals surface area contributed by atoms with E-state index in [-0.39, 0.29) is 11.7 Å². The number of halogens is 1. The first-order chi connectivity index (χ1) is 9.13. The van der Waals surface area contributed by atoms with E-state index >= 15 is 0 Å². The highest BCUT2D eigenvalue weighted by atomic mass is 35.5. The van der Waals surface area contributed by atoms with Crippen molar-refractivity contribution in [3.63, 3.8) is 0 Å². The third-order valence-electron chi connectivity index (χ3n) is 3.76. The first kappa shape index (κ1) is 12.4. The molecule has 0 saturated heterocycles. The minimum absolute atomic E-state index is 0.0696. The van der Waals surface area contributed by atoms with Gasteiger partial charge in [-0.25, -0.2) is 0 Å². The van der Waals surface area contributed by atoms with Gasteiger partial charge in [-0.1, -0.05) is 17.9 Å². The number of hydrogen-bond donors (Lipinski definition) is 1. The Labute approximate surface area is 117 Å². The highest BCUT2D eigenvalue weighted by molar-refractivity contribution is 6.19. The number of anilines is 2. The van der Waals surface area contributed by atoms with Gasteiger partial charge in [0.05, 0.1) is 0 Å². The summed E-state index contributed by atoms with van der Waals surface area (Å²) in [6.45, 7) is 0.805. The molecule has 0 amide bonds. The van der Waals surface area contributed by atoms with E-state index in [9.17, 15) is 5.11 Å². The summed E-state index contributed by atoms with van der Waals surface area (Å²) in [6, 6.07) is 7.58. The summed E-state index contributed by atoms with van der Waals surface area (Å²) in [5.41, 5.74) is 3.21. The fraction of sp³-hybridized carbons (Fsp3) is 0.333. The second-order valence-corrected chi connectivity index (χ2v) is 5.47. The van der Waals surface area contributed by atoms with Crippen molar-refractivity contribution in [3.05, 3.63) is 29.8 Å². The Morgan fingerprint density at radius 2 is 2.21 bits per heavy atom. The van der Waals surface area contributed by atoms with E-state index in [4.69, 9.17) is 11.6 Å². The summed E-state index contributed by atoms with van der Waals surface area (Å²) >= 11 is 6.08. The van der Waals surface area contributed by atoms with Gasteiger partial charge in [0.15, 0.2) is 0 Å². The fourth-order valence-corrected chi connectivity index (χ4v) is 3.12. The van der Waals surface area contributed by atoms with Crippen LogP contribution in [-0.4, -0.2) is 26.5 Å². The van der Waals surface area contributed by atoms with Gasteiger partial charge >= 0.3 is 0 Å². The number of hydrogen-bond acceptors (Lipinski definition) is 3. The number of nitrogens with one attached hydrogen (secondary N) is 1. The van der Waals surface area contributed by atoms with Crippen LogP contribution in [0.4, 0.5) is 11.4 Å². The maximum atomic E-state index is 12.2. The van der Waals surface area contributed by atoms with Gasteiger partial charge < -0.3 is 15.3 Å². The van der Waals surface area contributed by atoms with Gasteiger partial charge in [-0.15, -0.1) is 11.6 Å². The zero-order valence-electron chi connectivity index (χ0n) is 11.0. The highest BCUT2D eigenvalue weighted by Gasteiger charge is 2.25. The molecule has 3 rings (SSSR count). The molecule has 2 aromatic rings. The highest BCUT2D eigenvalue weighted by Crippen LogP contribution is 2.44. The van der Waals surface area contributed by atoms with Gasteiger partial charge in [0.25, 0.3) is 0 Å². The Hall–Kier alpha value is -1.61. The van der Waals surface area contributed by atoms with Crippen LogP contribution in [0.5, 0.6) is 5.75 Å². The molecule has 4 heteroatoms. The smallest absolute Gasteiger partial charge is 0.0444 e. The van der Waals surface area contributed by atoms with Crippen LogP contribution in [0, 0.1) is 0 Å². The Morgan fingerprint density at radius 3 is 2.89 bits per heavy atom. The molecule has 100 valence electrons. The molecular formula is C15H16ClN2O-. The molecule has 0 spiro atoms. The quantitative estimate of drug-likeness (QED) is 0.857. The fourth-order valence-electron chi connectivity index (χ4n) is 2.86. The van der Waals surface area contributed by atoms with Crippen LogP contribution in [0.2, 0.25) is 0 Å². The summed E-state index contributed by atoms with van der Waals surface area (Å²) in [5, 5.41) is 17.3. The van der Waals surface area contributed by atoms with Crippen molar-refractivity contribution in [3.8, 4) is 5.75 Å². The number of nitrogens with zero attached hydrogens (tertiary/aromatic N) is 1.